The molecule has 0 N–H and O–H groups in total. The summed E-state index contributed by atoms with van der Waals surface area (Å²) in [6.07, 6.45) is 0.983. The quantitative estimate of drug-likeness (QED) is 0.263. The first kappa shape index (κ1) is 15.5. The Morgan fingerprint density at radius 1 is 0.905 bits per heavy atom. The standard InChI is InChI=1S/C18H13Br2I/c19-15-7-8-18(21)16(11-15)17(20)10-12-5-6-13-3-1-2-4-14(13)9-12/h1-9,11,17H,10H2. The van der Waals surface area contributed by atoms with Crippen molar-refractivity contribution in [1.82, 2.24) is 0 Å². The van der Waals surface area contributed by atoms with Crippen LogP contribution < -0.4 is 0 Å². The van der Waals surface area contributed by atoms with Crippen molar-refractivity contribution < 1.29 is 0 Å². The van der Waals surface area contributed by atoms with Crippen LogP contribution in [0.4, 0.5) is 0 Å². The van der Waals surface area contributed by atoms with Crippen molar-refractivity contribution in [3.63, 3.8) is 0 Å². The fourth-order valence-corrected chi connectivity index (χ4v) is 4.71. The summed E-state index contributed by atoms with van der Waals surface area (Å²) in [4.78, 5) is 0.322. The minimum absolute atomic E-state index is 0.322. The first-order chi connectivity index (χ1) is 10.1. The highest BCUT2D eigenvalue weighted by atomic mass is 127. The number of alkyl halides is 1. The summed E-state index contributed by atoms with van der Waals surface area (Å²) in [6.45, 7) is 0. The number of hydrogen-bond donors (Lipinski definition) is 0. The molecule has 0 heterocycles. The fraction of sp³-hybridized carbons (Fsp3) is 0.111. The summed E-state index contributed by atoms with van der Waals surface area (Å²) in [5.41, 5.74) is 2.68. The van der Waals surface area contributed by atoms with Gasteiger partial charge in [-0.05, 0) is 69.1 Å². The maximum Gasteiger partial charge on any atom is 0.0446 e. The summed E-state index contributed by atoms with van der Waals surface area (Å²) in [6, 6.07) is 21.6. The van der Waals surface area contributed by atoms with Crippen molar-refractivity contribution in [1.29, 1.82) is 0 Å². The van der Waals surface area contributed by atoms with Crippen LogP contribution in [0.3, 0.4) is 0 Å². The predicted octanol–water partition coefficient (Wildman–Crippen LogP) is 6.89. The van der Waals surface area contributed by atoms with E-state index in [1.54, 1.807) is 0 Å². The SMILES string of the molecule is Brc1ccc(I)c(C(Br)Cc2ccc3ccccc3c2)c1. The molecule has 3 aromatic carbocycles. The highest BCUT2D eigenvalue weighted by Gasteiger charge is 2.12. The van der Waals surface area contributed by atoms with Crippen molar-refractivity contribution in [2.24, 2.45) is 0 Å². The Hall–Kier alpha value is -0.390. The Bertz CT molecular complexity index is 783. The fourth-order valence-electron chi connectivity index (χ4n) is 2.44. The van der Waals surface area contributed by atoms with Crippen molar-refractivity contribution in [3.8, 4) is 0 Å². The van der Waals surface area contributed by atoms with Gasteiger partial charge in [-0.15, -0.1) is 0 Å². The van der Waals surface area contributed by atoms with Crippen LogP contribution in [0, 0.1) is 3.57 Å². The molecule has 0 spiro atoms. The van der Waals surface area contributed by atoms with Crippen LogP contribution >= 0.6 is 54.5 Å². The van der Waals surface area contributed by atoms with E-state index in [4.69, 9.17) is 0 Å². The van der Waals surface area contributed by atoms with Crippen molar-refractivity contribution in [2.45, 2.75) is 11.2 Å². The van der Waals surface area contributed by atoms with E-state index in [-0.39, 0.29) is 0 Å². The molecule has 21 heavy (non-hydrogen) atoms. The van der Waals surface area contributed by atoms with E-state index >= 15 is 0 Å². The van der Waals surface area contributed by atoms with Crippen LogP contribution in [0.15, 0.2) is 65.1 Å². The largest absolute Gasteiger partial charge is 0.0835 e. The molecule has 3 heteroatoms. The zero-order valence-corrected chi connectivity index (χ0v) is 16.5. The average Bonchev–Trinajstić information content (AvgIpc) is 2.49. The highest BCUT2D eigenvalue weighted by molar-refractivity contribution is 14.1. The molecule has 106 valence electrons. The van der Waals surface area contributed by atoms with Gasteiger partial charge in [0.05, 0.1) is 0 Å². The van der Waals surface area contributed by atoms with Crippen LogP contribution in [0.2, 0.25) is 0 Å². The summed E-state index contributed by atoms with van der Waals surface area (Å²) < 4.78 is 2.42. The number of rotatable bonds is 3. The molecule has 0 aromatic heterocycles. The van der Waals surface area contributed by atoms with E-state index in [9.17, 15) is 0 Å². The molecular formula is C18H13Br2I. The second kappa shape index (κ2) is 6.80. The molecule has 0 saturated carbocycles. The topological polar surface area (TPSA) is 0 Å². The second-order valence-electron chi connectivity index (χ2n) is 5.02. The van der Waals surface area contributed by atoms with Gasteiger partial charge >= 0.3 is 0 Å². The maximum atomic E-state index is 3.85. The predicted molar refractivity (Wildman–Crippen MR) is 106 cm³/mol. The van der Waals surface area contributed by atoms with Gasteiger partial charge in [0.1, 0.15) is 0 Å². The van der Waals surface area contributed by atoms with Gasteiger partial charge in [0, 0.05) is 12.9 Å². The first-order valence-corrected chi connectivity index (χ1v) is 9.49. The molecule has 3 rings (SSSR count). The average molecular weight is 516 g/mol. The van der Waals surface area contributed by atoms with Crippen molar-refractivity contribution in [3.05, 3.63) is 79.8 Å². The van der Waals surface area contributed by atoms with Gasteiger partial charge in [-0.25, -0.2) is 0 Å². The first-order valence-electron chi connectivity index (χ1n) is 6.70. The van der Waals surface area contributed by atoms with Gasteiger partial charge in [0.25, 0.3) is 0 Å². The lowest BCUT2D eigenvalue weighted by Gasteiger charge is -2.13. The molecule has 1 atom stereocenters. The molecule has 0 nitrogen and oxygen atoms in total. The molecule has 0 amide bonds. The summed E-state index contributed by atoms with van der Waals surface area (Å²) in [5, 5.41) is 2.60. The molecule has 0 saturated heterocycles. The van der Waals surface area contributed by atoms with Crippen LogP contribution in [0.5, 0.6) is 0 Å². The van der Waals surface area contributed by atoms with E-state index in [0.717, 1.165) is 10.9 Å². The van der Waals surface area contributed by atoms with E-state index in [1.807, 2.05) is 0 Å². The van der Waals surface area contributed by atoms with Crippen LogP contribution in [0.1, 0.15) is 16.0 Å². The Kier molecular flexibility index (Phi) is 5.02. The molecule has 0 bridgehead atoms. The number of benzene rings is 3. The van der Waals surface area contributed by atoms with Gasteiger partial charge < -0.3 is 0 Å². The molecule has 0 aliphatic heterocycles. The smallest absolute Gasteiger partial charge is 0.0446 e. The Morgan fingerprint density at radius 3 is 2.48 bits per heavy atom. The van der Waals surface area contributed by atoms with Gasteiger partial charge in [0.2, 0.25) is 0 Å². The van der Waals surface area contributed by atoms with E-state index in [0.29, 0.717) is 4.83 Å². The molecule has 0 fully saturated rings. The molecule has 0 aliphatic carbocycles. The van der Waals surface area contributed by atoms with Crippen molar-refractivity contribution in [2.75, 3.05) is 0 Å². The third-order valence-corrected chi connectivity index (χ3v) is 5.82. The Balaban J connectivity index is 1.88. The minimum Gasteiger partial charge on any atom is -0.0835 e. The second-order valence-corrected chi connectivity index (χ2v) is 8.20. The zero-order chi connectivity index (χ0) is 14.8. The lowest BCUT2D eigenvalue weighted by Crippen LogP contribution is -1.98. The number of halogens is 3. The Morgan fingerprint density at radius 2 is 1.67 bits per heavy atom. The number of hydrogen-bond acceptors (Lipinski definition) is 0. The normalized spacial score (nSPS) is 12.5. The minimum atomic E-state index is 0.322. The van der Waals surface area contributed by atoms with E-state index in [2.05, 4.69) is 115 Å². The maximum absolute atomic E-state index is 3.85. The van der Waals surface area contributed by atoms with Gasteiger partial charge in [0.15, 0.2) is 0 Å². The zero-order valence-electron chi connectivity index (χ0n) is 11.2. The van der Waals surface area contributed by atoms with Crippen LogP contribution in [-0.2, 0) is 6.42 Å². The molecule has 0 radical (unpaired) electrons. The van der Waals surface area contributed by atoms with Crippen LogP contribution in [-0.4, -0.2) is 0 Å². The van der Waals surface area contributed by atoms with Gasteiger partial charge in [-0.1, -0.05) is 74.3 Å². The van der Waals surface area contributed by atoms with Crippen LogP contribution in [0.25, 0.3) is 10.8 Å². The van der Waals surface area contributed by atoms with E-state index in [1.165, 1.54) is 25.5 Å². The third-order valence-electron chi connectivity index (χ3n) is 3.52. The summed E-state index contributed by atoms with van der Waals surface area (Å²) in [7, 11) is 0. The van der Waals surface area contributed by atoms with Gasteiger partial charge in [-0.2, -0.15) is 0 Å². The van der Waals surface area contributed by atoms with Gasteiger partial charge in [-0.3, -0.25) is 0 Å². The highest BCUT2D eigenvalue weighted by Crippen LogP contribution is 2.33. The lowest BCUT2D eigenvalue weighted by molar-refractivity contribution is 0.943. The summed E-state index contributed by atoms with van der Waals surface area (Å²) >= 11 is 9.80. The molecule has 1 unspecified atom stereocenters. The third kappa shape index (κ3) is 3.69. The lowest BCUT2D eigenvalue weighted by atomic mass is 10.0. The summed E-state index contributed by atoms with van der Waals surface area (Å²) in [5.74, 6) is 0. The van der Waals surface area contributed by atoms with Crippen molar-refractivity contribution >= 4 is 65.2 Å². The molecular weight excluding hydrogens is 503 g/mol. The molecule has 0 aliphatic rings. The Labute approximate surface area is 155 Å². The van der Waals surface area contributed by atoms with E-state index < -0.39 is 0 Å². The molecule has 3 aromatic rings. The monoisotopic (exact) mass is 514 g/mol. The number of fused-ring (bicyclic) bond motifs is 1.